The molecule has 0 aliphatic rings. The Balaban J connectivity index is 0.000000555. The van der Waals surface area contributed by atoms with Crippen LogP contribution < -0.4 is 11.4 Å². The highest BCUT2D eigenvalue weighted by atomic mass is 32.3. The number of nitrogens with two attached hydrogens (primary N) is 1. The number of rotatable bonds is 1. The standard InChI is InChI=1S/C8H14N4OS.H2O4S/c1-8(2,3)5-6(13)12(9)7(14-4)11-10-5;1-5(2,3)4/h9H2,1-4H3;(H2,1,2,3,4). The fraction of sp³-hybridized carbons (Fsp3) is 0.625. The molecule has 9 nitrogen and oxygen atoms in total. The number of aromatic nitrogens is 3. The lowest BCUT2D eigenvalue weighted by atomic mass is 9.93. The number of hydrogen-bond acceptors (Lipinski definition) is 7. The van der Waals surface area contributed by atoms with Crippen molar-refractivity contribution >= 4 is 22.2 Å². The molecule has 1 rings (SSSR count). The quantitative estimate of drug-likeness (QED) is 0.361. The molecule has 19 heavy (non-hydrogen) atoms. The molecule has 0 aromatic carbocycles. The summed E-state index contributed by atoms with van der Waals surface area (Å²) in [6.45, 7) is 5.70. The predicted molar refractivity (Wildman–Crippen MR) is 71.1 cm³/mol. The van der Waals surface area contributed by atoms with Gasteiger partial charge in [-0.3, -0.25) is 13.9 Å². The maximum absolute atomic E-state index is 11.7. The number of hydrogen-bond donors (Lipinski definition) is 3. The second-order valence-electron chi connectivity index (χ2n) is 4.41. The Morgan fingerprint density at radius 1 is 1.26 bits per heavy atom. The molecule has 0 aliphatic heterocycles. The Kier molecular flexibility index (Phi) is 5.93. The highest BCUT2D eigenvalue weighted by Crippen LogP contribution is 2.16. The molecular weight excluding hydrogens is 296 g/mol. The van der Waals surface area contributed by atoms with Crippen LogP contribution in [-0.2, 0) is 15.8 Å². The van der Waals surface area contributed by atoms with Crippen LogP contribution in [0.3, 0.4) is 0 Å². The molecule has 0 aliphatic carbocycles. The van der Waals surface area contributed by atoms with E-state index in [-0.39, 0.29) is 11.0 Å². The highest BCUT2D eigenvalue weighted by Gasteiger charge is 2.22. The lowest BCUT2D eigenvalue weighted by Crippen LogP contribution is -2.37. The van der Waals surface area contributed by atoms with Gasteiger partial charge in [-0.25, -0.2) is 0 Å². The van der Waals surface area contributed by atoms with Gasteiger partial charge in [-0.1, -0.05) is 32.5 Å². The summed E-state index contributed by atoms with van der Waals surface area (Å²) < 4.78 is 32.6. The molecule has 0 unspecified atom stereocenters. The van der Waals surface area contributed by atoms with Crippen molar-refractivity contribution in [3.8, 4) is 0 Å². The Labute approximate surface area is 114 Å². The largest absolute Gasteiger partial charge is 0.394 e. The van der Waals surface area contributed by atoms with Crippen LogP contribution >= 0.6 is 11.8 Å². The van der Waals surface area contributed by atoms with Crippen LogP contribution in [0.5, 0.6) is 0 Å². The maximum Gasteiger partial charge on any atom is 0.394 e. The molecule has 11 heteroatoms. The van der Waals surface area contributed by atoms with Gasteiger partial charge in [0.1, 0.15) is 5.69 Å². The Hall–Kier alpha value is -1.17. The van der Waals surface area contributed by atoms with Gasteiger partial charge in [0.2, 0.25) is 5.16 Å². The van der Waals surface area contributed by atoms with E-state index < -0.39 is 10.4 Å². The zero-order valence-electron chi connectivity index (χ0n) is 10.9. The second kappa shape index (κ2) is 6.32. The SMILES string of the molecule is CSc1nnc(C(C)(C)C)c(=O)n1N.O=S(=O)(O)O. The third-order valence-electron chi connectivity index (χ3n) is 1.76. The van der Waals surface area contributed by atoms with E-state index in [0.29, 0.717) is 10.9 Å². The first-order chi connectivity index (χ1) is 8.38. The van der Waals surface area contributed by atoms with Gasteiger partial charge in [0.05, 0.1) is 0 Å². The van der Waals surface area contributed by atoms with Crippen LogP contribution in [0.4, 0.5) is 0 Å². The van der Waals surface area contributed by atoms with Gasteiger partial charge in [0.25, 0.3) is 5.56 Å². The molecule has 0 spiro atoms. The molecule has 0 radical (unpaired) electrons. The smallest absolute Gasteiger partial charge is 0.334 e. The van der Waals surface area contributed by atoms with Gasteiger partial charge < -0.3 is 5.84 Å². The van der Waals surface area contributed by atoms with Gasteiger partial charge in [-0.2, -0.15) is 13.1 Å². The normalized spacial score (nSPS) is 11.7. The van der Waals surface area contributed by atoms with Crippen LogP contribution in [0.25, 0.3) is 0 Å². The van der Waals surface area contributed by atoms with Crippen molar-refractivity contribution in [1.82, 2.24) is 14.9 Å². The van der Waals surface area contributed by atoms with E-state index in [0.717, 1.165) is 4.68 Å². The summed E-state index contributed by atoms with van der Waals surface area (Å²) in [5.74, 6) is 5.57. The topological polar surface area (TPSA) is 148 Å². The van der Waals surface area contributed by atoms with Crippen LogP contribution in [0.1, 0.15) is 26.5 Å². The van der Waals surface area contributed by atoms with E-state index in [4.69, 9.17) is 23.4 Å². The second-order valence-corrected chi connectivity index (χ2v) is 6.08. The van der Waals surface area contributed by atoms with Gasteiger partial charge in [-0.15, -0.1) is 10.2 Å². The predicted octanol–water partition coefficient (Wildman–Crippen LogP) is -0.281. The van der Waals surface area contributed by atoms with Crippen molar-refractivity contribution in [3.63, 3.8) is 0 Å². The van der Waals surface area contributed by atoms with Crippen molar-refractivity contribution in [2.24, 2.45) is 0 Å². The van der Waals surface area contributed by atoms with Crippen molar-refractivity contribution in [2.75, 3.05) is 12.1 Å². The molecule has 4 N–H and O–H groups in total. The lowest BCUT2D eigenvalue weighted by molar-refractivity contribution is 0.381. The van der Waals surface area contributed by atoms with Crippen molar-refractivity contribution in [2.45, 2.75) is 31.3 Å². The number of thioether (sulfide) groups is 1. The summed E-state index contributed by atoms with van der Waals surface area (Å²) in [5, 5.41) is 8.19. The fourth-order valence-electron chi connectivity index (χ4n) is 0.995. The summed E-state index contributed by atoms with van der Waals surface area (Å²) >= 11 is 1.29. The number of nitrogens with zero attached hydrogens (tertiary/aromatic N) is 3. The van der Waals surface area contributed by atoms with Crippen LogP contribution in [0, 0.1) is 0 Å². The zero-order chi connectivity index (χ0) is 15.4. The summed E-state index contributed by atoms with van der Waals surface area (Å²) in [4.78, 5) is 11.7. The first-order valence-corrected chi connectivity index (χ1v) is 7.49. The minimum atomic E-state index is -4.67. The Morgan fingerprint density at radius 2 is 1.68 bits per heavy atom. The first-order valence-electron chi connectivity index (χ1n) is 4.87. The molecule has 1 heterocycles. The van der Waals surface area contributed by atoms with Crippen molar-refractivity contribution < 1.29 is 17.5 Å². The van der Waals surface area contributed by atoms with Gasteiger partial charge >= 0.3 is 10.4 Å². The van der Waals surface area contributed by atoms with Gasteiger partial charge in [0.15, 0.2) is 0 Å². The van der Waals surface area contributed by atoms with E-state index in [9.17, 15) is 4.79 Å². The van der Waals surface area contributed by atoms with Crippen LogP contribution in [0.15, 0.2) is 9.95 Å². The van der Waals surface area contributed by atoms with Gasteiger partial charge in [-0.05, 0) is 6.26 Å². The van der Waals surface area contributed by atoms with Crippen molar-refractivity contribution in [3.05, 3.63) is 16.0 Å². The molecule has 0 saturated carbocycles. The van der Waals surface area contributed by atoms with Crippen LogP contribution in [-0.4, -0.2) is 38.7 Å². The molecule has 1 aromatic heterocycles. The summed E-state index contributed by atoms with van der Waals surface area (Å²) in [5.41, 5.74) is -0.225. The Morgan fingerprint density at radius 3 is 2.00 bits per heavy atom. The highest BCUT2D eigenvalue weighted by molar-refractivity contribution is 7.98. The molecule has 0 atom stereocenters. The summed E-state index contributed by atoms with van der Waals surface area (Å²) in [6.07, 6.45) is 1.80. The van der Waals surface area contributed by atoms with Crippen molar-refractivity contribution in [1.29, 1.82) is 0 Å². The van der Waals surface area contributed by atoms with Gasteiger partial charge in [0, 0.05) is 5.41 Å². The monoisotopic (exact) mass is 312 g/mol. The third-order valence-corrected chi connectivity index (χ3v) is 2.40. The Bertz CT molecular complexity index is 582. The van der Waals surface area contributed by atoms with E-state index >= 15 is 0 Å². The minimum absolute atomic E-state index is 0.281. The average molecular weight is 312 g/mol. The molecule has 0 bridgehead atoms. The van der Waals surface area contributed by atoms with E-state index in [2.05, 4.69) is 10.2 Å². The molecule has 110 valence electrons. The molecule has 0 saturated heterocycles. The number of nitrogen functional groups attached to an aromatic ring is 1. The third kappa shape index (κ3) is 6.52. The van der Waals surface area contributed by atoms with Crippen LogP contribution in [0.2, 0.25) is 0 Å². The molecular formula is C8H16N4O5S2. The maximum atomic E-state index is 11.7. The molecule has 0 fully saturated rings. The lowest BCUT2D eigenvalue weighted by Gasteiger charge is -2.16. The summed E-state index contributed by atoms with van der Waals surface area (Å²) in [6, 6.07) is 0. The molecule has 0 amide bonds. The average Bonchev–Trinajstić information content (AvgIpc) is 2.17. The minimum Gasteiger partial charge on any atom is -0.334 e. The zero-order valence-corrected chi connectivity index (χ0v) is 12.5. The summed E-state index contributed by atoms with van der Waals surface area (Å²) in [7, 11) is -4.67. The van der Waals surface area contributed by atoms with E-state index in [1.54, 1.807) is 6.26 Å². The van der Waals surface area contributed by atoms with E-state index in [1.165, 1.54) is 11.8 Å². The molecule has 1 aromatic rings. The first kappa shape index (κ1) is 17.8. The van der Waals surface area contributed by atoms with E-state index in [1.807, 2.05) is 20.8 Å². The fourth-order valence-corrected chi connectivity index (χ4v) is 1.40.